The highest BCUT2D eigenvalue weighted by Gasteiger charge is 2.22. The monoisotopic (exact) mass is 144 g/mol. The van der Waals surface area contributed by atoms with E-state index in [2.05, 4.69) is 19.6 Å². The lowest BCUT2D eigenvalue weighted by Crippen LogP contribution is -2.05. The van der Waals surface area contributed by atoms with Crippen molar-refractivity contribution in [3.8, 4) is 0 Å². The van der Waals surface area contributed by atoms with Crippen LogP contribution in [0.1, 0.15) is 39.0 Å². The molecule has 0 aromatic carbocycles. The van der Waals surface area contributed by atoms with Gasteiger partial charge in [0.1, 0.15) is 0 Å². The van der Waals surface area contributed by atoms with E-state index in [0.717, 1.165) is 11.2 Å². The second-order valence-electron chi connectivity index (χ2n) is 3.05. The molecule has 2 unspecified atom stereocenters. The molecule has 9 heavy (non-hydrogen) atoms. The molecule has 54 valence electrons. The summed E-state index contributed by atoms with van der Waals surface area (Å²) in [6, 6.07) is 0. The molecule has 0 heterocycles. The van der Waals surface area contributed by atoms with E-state index in [1.54, 1.807) is 0 Å². The van der Waals surface area contributed by atoms with Crippen molar-refractivity contribution in [2.75, 3.05) is 0 Å². The topological polar surface area (TPSA) is 0 Å². The van der Waals surface area contributed by atoms with E-state index in [4.69, 9.17) is 0 Å². The molecule has 0 aromatic rings. The molecule has 1 rings (SSSR count). The molecule has 0 nitrogen and oxygen atoms in total. The molecule has 0 bridgehead atoms. The van der Waals surface area contributed by atoms with Gasteiger partial charge in [-0.1, -0.05) is 19.8 Å². The quantitative estimate of drug-likeness (QED) is 0.566. The Bertz CT molecular complexity index is 80.6. The second kappa shape index (κ2) is 3.50. The fourth-order valence-corrected chi connectivity index (χ4v) is 2.21. The van der Waals surface area contributed by atoms with Crippen LogP contribution in [-0.4, -0.2) is 5.25 Å². The van der Waals surface area contributed by atoms with Gasteiger partial charge in [-0.2, -0.15) is 12.6 Å². The van der Waals surface area contributed by atoms with Gasteiger partial charge in [-0.15, -0.1) is 0 Å². The Morgan fingerprint density at radius 3 is 2.67 bits per heavy atom. The van der Waals surface area contributed by atoms with E-state index in [0.29, 0.717) is 0 Å². The van der Waals surface area contributed by atoms with E-state index in [1.807, 2.05) is 0 Å². The normalized spacial score (nSPS) is 35.3. The van der Waals surface area contributed by atoms with Gasteiger partial charge in [0.15, 0.2) is 0 Å². The van der Waals surface area contributed by atoms with Crippen molar-refractivity contribution in [2.24, 2.45) is 5.92 Å². The Morgan fingerprint density at radius 2 is 2.22 bits per heavy atom. The maximum atomic E-state index is 4.52. The van der Waals surface area contributed by atoms with Crippen LogP contribution in [0.4, 0.5) is 0 Å². The van der Waals surface area contributed by atoms with Crippen molar-refractivity contribution < 1.29 is 0 Å². The summed E-state index contributed by atoms with van der Waals surface area (Å²) in [7, 11) is 0. The highest BCUT2D eigenvalue weighted by atomic mass is 32.1. The molecule has 0 amide bonds. The molecular weight excluding hydrogens is 128 g/mol. The highest BCUT2D eigenvalue weighted by molar-refractivity contribution is 7.81. The molecule has 0 spiro atoms. The van der Waals surface area contributed by atoms with E-state index in [9.17, 15) is 0 Å². The first-order chi connectivity index (χ1) is 4.34. The van der Waals surface area contributed by atoms with Gasteiger partial charge >= 0.3 is 0 Å². The average molecular weight is 144 g/mol. The fourth-order valence-electron chi connectivity index (χ4n) is 1.72. The molecule has 0 aliphatic heterocycles. The third-order valence-corrected chi connectivity index (χ3v) is 2.96. The van der Waals surface area contributed by atoms with Crippen molar-refractivity contribution in [1.82, 2.24) is 0 Å². The first kappa shape index (κ1) is 7.46. The lowest BCUT2D eigenvalue weighted by Gasteiger charge is -2.11. The lowest BCUT2D eigenvalue weighted by atomic mass is 10.0. The summed E-state index contributed by atoms with van der Waals surface area (Å²) in [6.45, 7) is 2.26. The van der Waals surface area contributed by atoms with Crippen LogP contribution >= 0.6 is 12.6 Å². The van der Waals surface area contributed by atoms with Crippen molar-refractivity contribution >= 4 is 12.6 Å². The number of thiol groups is 1. The summed E-state index contributed by atoms with van der Waals surface area (Å²) in [4.78, 5) is 0. The van der Waals surface area contributed by atoms with E-state index in [1.165, 1.54) is 32.1 Å². The SMILES string of the molecule is CCCC1CCCC1S. The molecule has 1 fully saturated rings. The van der Waals surface area contributed by atoms with Crippen LogP contribution in [0.5, 0.6) is 0 Å². The van der Waals surface area contributed by atoms with Crippen molar-refractivity contribution in [2.45, 2.75) is 44.3 Å². The molecule has 1 aliphatic carbocycles. The smallest absolute Gasteiger partial charge is 0.00450 e. The predicted octanol–water partition coefficient (Wildman–Crippen LogP) is 2.89. The minimum Gasteiger partial charge on any atom is -0.176 e. The van der Waals surface area contributed by atoms with Crippen LogP contribution in [0.25, 0.3) is 0 Å². The molecule has 0 radical (unpaired) electrons. The predicted molar refractivity (Wildman–Crippen MR) is 45.0 cm³/mol. The van der Waals surface area contributed by atoms with Gasteiger partial charge in [0.25, 0.3) is 0 Å². The van der Waals surface area contributed by atoms with Crippen LogP contribution in [0.15, 0.2) is 0 Å². The molecule has 1 saturated carbocycles. The zero-order valence-corrected chi connectivity index (χ0v) is 7.03. The molecule has 1 aliphatic rings. The standard InChI is InChI=1S/C8H16S/c1-2-4-7-5-3-6-8(7)9/h7-9H,2-6H2,1H3. The van der Waals surface area contributed by atoms with Crippen molar-refractivity contribution in [1.29, 1.82) is 0 Å². The lowest BCUT2D eigenvalue weighted by molar-refractivity contribution is 0.508. The Morgan fingerprint density at radius 1 is 1.44 bits per heavy atom. The Kier molecular flexibility index (Phi) is 2.90. The van der Waals surface area contributed by atoms with Crippen LogP contribution in [0, 0.1) is 5.92 Å². The molecule has 0 aromatic heterocycles. The molecule has 0 saturated heterocycles. The molecule has 0 N–H and O–H groups in total. The number of hydrogen-bond acceptors (Lipinski definition) is 1. The van der Waals surface area contributed by atoms with Crippen LogP contribution < -0.4 is 0 Å². The first-order valence-corrected chi connectivity index (χ1v) is 4.54. The van der Waals surface area contributed by atoms with Crippen LogP contribution in [0.2, 0.25) is 0 Å². The minimum atomic E-state index is 0.727. The summed E-state index contributed by atoms with van der Waals surface area (Å²) < 4.78 is 0. The second-order valence-corrected chi connectivity index (χ2v) is 3.71. The summed E-state index contributed by atoms with van der Waals surface area (Å²) in [5.41, 5.74) is 0. The van der Waals surface area contributed by atoms with E-state index >= 15 is 0 Å². The van der Waals surface area contributed by atoms with Gasteiger partial charge in [0.2, 0.25) is 0 Å². The van der Waals surface area contributed by atoms with Gasteiger partial charge in [-0.3, -0.25) is 0 Å². The highest BCUT2D eigenvalue weighted by Crippen LogP contribution is 2.32. The minimum absolute atomic E-state index is 0.727. The van der Waals surface area contributed by atoms with Crippen molar-refractivity contribution in [3.05, 3.63) is 0 Å². The Balaban J connectivity index is 2.22. The van der Waals surface area contributed by atoms with Gasteiger partial charge in [0, 0.05) is 5.25 Å². The number of hydrogen-bond donors (Lipinski definition) is 1. The van der Waals surface area contributed by atoms with Gasteiger partial charge in [0.05, 0.1) is 0 Å². The molecule has 1 heteroatoms. The Hall–Kier alpha value is 0.350. The van der Waals surface area contributed by atoms with E-state index < -0.39 is 0 Å². The van der Waals surface area contributed by atoms with E-state index in [-0.39, 0.29) is 0 Å². The molecule has 2 atom stereocenters. The molecular formula is C8H16S. The van der Waals surface area contributed by atoms with Gasteiger partial charge in [-0.25, -0.2) is 0 Å². The average Bonchev–Trinajstić information content (AvgIpc) is 2.18. The Labute approximate surface area is 63.4 Å². The summed E-state index contributed by atoms with van der Waals surface area (Å²) in [5, 5.41) is 0.727. The maximum absolute atomic E-state index is 4.52. The third kappa shape index (κ3) is 1.89. The largest absolute Gasteiger partial charge is 0.176 e. The zero-order valence-electron chi connectivity index (χ0n) is 6.14. The third-order valence-electron chi connectivity index (χ3n) is 2.28. The summed E-state index contributed by atoms with van der Waals surface area (Å²) in [5.74, 6) is 0.943. The zero-order chi connectivity index (χ0) is 6.69. The van der Waals surface area contributed by atoms with Crippen LogP contribution in [-0.2, 0) is 0 Å². The fraction of sp³-hybridized carbons (Fsp3) is 1.00. The summed E-state index contributed by atoms with van der Waals surface area (Å²) in [6.07, 6.45) is 6.94. The van der Waals surface area contributed by atoms with Crippen molar-refractivity contribution in [3.63, 3.8) is 0 Å². The van der Waals surface area contributed by atoms with Crippen LogP contribution in [0.3, 0.4) is 0 Å². The maximum Gasteiger partial charge on any atom is 0.00450 e. The van der Waals surface area contributed by atoms with Gasteiger partial charge in [-0.05, 0) is 25.2 Å². The number of rotatable bonds is 2. The summed E-state index contributed by atoms with van der Waals surface area (Å²) >= 11 is 4.52. The van der Waals surface area contributed by atoms with Gasteiger partial charge < -0.3 is 0 Å². The first-order valence-electron chi connectivity index (χ1n) is 4.02.